The fourth-order valence-electron chi connectivity index (χ4n) is 5.65. The Morgan fingerprint density at radius 1 is 1.15 bits per heavy atom. The van der Waals surface area contributed by atoms with Crippen LogP contribution in [0.15, 0.2) is 48.1 Å². The Kier molecular flexibility index (Phi) is 4.79. The van der Waals surface area contributed by atoms with Gasteiger partial charge >= 0.3 is 0 Å². The van der Waals surface area contributed by atoms with Crippen LogP contribution in [0.4, 0.5) is 0 Å². The van der Waals surface area contributed by atoms with E-state index in [2.05, 4.69) is 20.1 Å². The number of nitriles is 1. The molecule has 3 aromatic rings. The molecule has 0 saturated heterocycles. The van der Waals surface area contributed by atoms with Gasteiger partial charge < -0.3 is 9.14 Å². The van der Waals surface area contributed by atoms with Gasteiger partial charge in [0.25, 0.3) is 0 Å². The summed E-state index contributed by atoms with van der Waals surface area (Å²) < 4.78 is 7.91. The molecule has 4 heterocycles. The van der Waals surface area contributed by atoms with Gasteiger partial charge in [-0.25, -0.2) is 20.0 Å². The second-order valence-corrected chi connectivity index (χ2v) is 9.01. The maximum absolute atomic E-state index is 13.7. The van der Waals surface area contributed by atoms with Crippen LogP contribution in [0, 0.1) is 35.0 Å². The number of carbonyl (C=O) groups is 1. The van der Waals surface area contributed by atoms with Crippen molar-refractivity contribution in [2.24, 2.45) is 28.8 Å². The minimum Gasteiger partial charge on any atom is -0.476 e. The van der Waals surface area contributed by atoms with Crippen molar-refractivity contribution in [3.05, 3.63) is 54.5 Å². The molecule has 3 aliphatic rings. The highest BCUT2D eigenvalue weighted by atomic mass is 16.5. The normalized spacial score (nSPS) is 27.8. The zero-order chi connectivity index (χ0) is 22.4. The van der Waals surface area contributed by atoms with E-state index in [-0.39, 0.29) is 23.6 Å². The number of hydrogen-bond donors (Lipinski definition) is 0. The number of hydrazone groups is 1. The largest absolute Gasteiger partial charge is 0.476 e. The molecule has 1 aliphatic heterocycles. The number of amides is 1. The van der Waals surface area contributed by atoms with Gasteiger partial charge in [0.1, 0.15) is 17.9 Å². The average molecular weight is 441 g/mol. The van der Waals surface area contributed by atoms with E-state index in [9.17, 15) is 4.79 Å². The van der Waals surface area contributed by atoms with Crippen molar-refractivity contribution in [3.8, 4) is 11.9 Å². The first-order valence-electron chi connectivity index (χ1n) is 11.4. The predicted molar refractivity (Wildman–Crippen MR) is 118 cm³/mol. The van der Waals surface area contributed by atoms with Crippen molar-refractivity contribution in [3.63, 3.8) is 0 Å². The maximum atomic E-state index is 13.7. The van der Waals surface area contributed by atoms with Crippen LogP contribution >= 0.6 is 0 Å². The van der Waals surface area contributed by atoms with E-state index in [1.807, 2.05) is 47.3 Å². The second kappa shape index (κ2) is 7.96. The first-order chi connectivity index (χ1) is 16.2. The number of carbonyl (C=O) groups excluding carboxylic acids is 1. The summed E-state index contributed by atoms with van der Waals surface area (Å²) in [5.41, 5.74) is 1.27. The van der Waals surface area contributed by atoms with Crippen LogP contribution in [0.2, 0.25) is 0 Å². The molecule has 166 valence electrons. The molecule has 1 amide bonds. The molecule has 2 fully saturated rings. The van der Waals surface area contributed by atoms with Gasteiger partial charge in [-0.3, -0.25) is 4.79 Å². The molecule has 5 atom stereocenters. The van der Waals surface area contributed by atoms with E-state index in [1.54, 1.807) is 5.01 Å². The lowest BCUT2D eigenvalue weighted by Gasteiger charge is -2.36. The van der Waals surface area contributed by atoms with Crippen molar-refractivity contribution >= 4 is 17.6 Å². The molecule has 2 saturated carbocycles. The predicted octanol–water partition coefficient (Wildman–Crippen LogP) is 3.00. The molecule has 4 unspecified atom stereocenters. The average Bonchev–Trinajstić information content (AvgIpc) is 3.53. The lowest BCUT2D eigenvalue weighted by atomic mass is 9.70. The summed E-state index contributed by atoms with van der Waals surface area (Å²) in [5, 5.41) is 15.0. The standard InChI is InChI=1S/C24H23N7O2/c25-10-16-11-27-22(13-26-16)33-14-15-9-20(19-5-4-18(15)19)24(32)31-21(6-7-29-31)23-28-12-17-3-1-2-8-30(17)23/h1-3,7-8,11-13,15,18-21H,4-6,9,14H2/t15?,18?,19?,20-,21?/m0/s1. The third-order valence-electron chi connectivity index (χ3n) is 7.39. The quantitative estimate of drug-likeness (QED) is 0.602. The first kappa shape index (κ1) is 19.9. The Bertz CT molecular complexity index is 1260. The van der Waals surface area contributed by atoms with Crippen LogP contribution < -0.4 is 4.74 Å². The number of hydrogen-bond acceptors (Lipinski definition) is 7. The number of rotatable bonds is 5. The van der Waals surface area contributed by atoms with E-state index in [1.165, 1.54) is 12.4 Å². The fraction of sp³-hybridized carbons (Fsp3) is 0.417. The van der Waals surface area contributed by atoms with Gasteiger partial charge in [-0.15, -0.1) is 0 Å². The van der Waals surface area contributed by atoms with Gasteiger partial charge in [-0.05, 0) is 49.1 Å². The van der Waals surface area contributed by atoms with Gasteiger partial charge in [0.15, 0.2) is 5.69 Å². The summed E-state index contributed by atoms with van der Waals surface area (Å²) in [6.45, 7) is 0.503. The van der Waals surface area contributed by atoms with Gasteiger partial charge in [-0.2, -0.15) is 10.4 Å². The Hall–Kier alpha value is -3.80. The molecular weight excluding hydrogens is 418 g/mol. The minimum atomic E-state index is -0.176. The lowest BCUT2D eigenvalue weighted by molar-refractivity contribution is -0.140. The maximum Gasteiger partial charge on any atom is 0.246 e. The Balaban J connectivity index is 1.16. The highest BCUT2D eigenvalue weighted by Crippen LogP contribution is 2.54. The smallest absolute Gasteiger partial charge is 0.246 e. The zero-order valence-corrected chi connectivity index (χ0v) is 18.0. The number of aromatic nitrogens is 4. The number of pyridine rings is 1. The second-order valence-electron chi connectivity index (χ2n) is 9.01. The van der Waals surface area contributed by atoms with Crippen LogP contribution in [0.1, 0.15) is 43.2 Å². The summed E-state index contributed by atoms with van der Waals surface area (Å²) in [6.07, 6.45) is 12.2. The molecule has 9 heteroatoms. The van der Waals surface area contributed by atoms with Crippen LogP contribution in [-0.4, -0.2) is 43.1 Å². The Labute approximate surface area is 190 Å². The molecular formula is C24H23N7O2. The lowest BCUT2D eigenvalue weighted by Crippen LogP contribution is -2.38. The molecule has 0 N–H and O–H groups in total. The highest BCUT2D eigenvalue weighted by molar-refractivity contribution is 5.82. The summed E-state index contributed by atoms with van der Waals surface area (Å²) in [5.74, 6) is 2.47. The van der Waals surface area contributed by atoms with Crippen molar-refractivity contribution in [1.29, 1.82) is 5.26 Å². The van der Waals surface area contributed by atoms with Crippen LogP contribution in [0.5, 0.6) is 5.88 Å². The van der Waals surface area contributed by atoms with E-state index in [4.69, 9.17) is 10.00 Å². The van der Waals surface area contributed by atoms with Gasteiger partial charge in [-0.1, -0.05) is 6.07 Å². The van der Waals surface area contributed by atoms with Gasteiger partial charge in [0.2, 0.25) is 11.8 Å². The molecule has 2 aliphatic carbocycles. The topological polar surface area (TPSA) is 109 Å². The number of imidazole rings is 1. The SMILES string of the molecule is N#Cc1cnc(OCC2C[C@H](C(=O)N3N=CCC3c3ncc4ccccn34)C3CCC23)cn1. The Morgan fingerprint density at radius 2 is 2.06 bits per heavy atom. The van der Waals surface area contributed by atoms with Crippen LogP contribution in [0.25, 0.3) is 5.52 Å². The number of nitrogens with zero attached hydrogens (tertiary/aromatic N) is 7. The summed E-state index contributed by atoms with van der Waals surface area (Å²) in [4.78, 5) is 26.4. The van der Waals surface area contributed by atoms with Crippen molar-refractivity contribution in [2.75, 3.05) is 6.61 Å². The molecule has 0 spiro atoms. The molecule has 9 nitrogen and oxygen atoms in total. The van der Waals surface area contributed by atoms with Crippen molar-refractivity contribution < 1.29 is 9.53 Å². The third-order valence-corrected chi connectivity index (χ3v) is 7.39. The molecule has 0 radical (unpaired) electrons. The molecule has 6 rings (SSSR count). The molecule has 0 aromatic carbocycles. The van der Waals surface area contributed by atoms with Crippen LogP contribution in [-0.2, 0) is 4.79 Å². The molecule has 33 heavy (non-hydrogen) atoms. The summed E-state index contributed by atoms with van der Waals surface area (Å²) in [6, 6.07) is 7.74. The zero-order valence-electron chi connectivity index (χ0n) is 18.0. The first-order valence-corrected chi connectivity index (χ1v) is 11.4. The fourth-order valence-corrected chi connectivity index (χ4v) is 5.65. The van der Waals surface area contributed by atoms with Crippen molar-refractivity contribution in [1.82, 2.24) is 24.4 Å². The minimum absolute atomic E-state index is 0.0478. The number of ether oxygens (including phenoxy) is 1. The highest BCUT2D eigenvalue weighted by Gasteiger charge is 2.53. The molecule has 0 bridgehead atoms. The van der Waals surface area contributed by atoms with E-state index in [0.717, 1.165) is 30.6 Å². The van der Waals surface area contributed by atoms with E-state index in [0.29, 0.717) is 36.7 Å². The van der Waals surface area contributed by atoms with E-state index >= 15 is 0 Å². The molecule has 3 aromatic heterocycles. The van der Waals surface area contributed by atoms with Crippen LogP contribution in [0.3, 0.4) is 0 Å². The summed E-state index contributed by atoms with van der Waals surface area (Å²) in [7, 11) is 0. The monoisotopic (exact) mass is 441 g/mol. The van der Waals surface area contributed by atoms with E-state index < -0.39 is 0 Å². The summed E-state index contributed by atoms with van der Waals surface area (Å²) >= 11 is 0. The van der Waals surface area contributed by atoms with Gasteiger partial charge in [0, 0.05) is 24.8 Å². The van der Waals surface area contributed by atoms with Crippen molar-refractivity contribution in [2.45, 2.75) is 31.7 Å². The number of fused-ring (bicyclic) bond motifs is 2. The van der Waals surface area contributed by atoms with Gasteiger partial charge in [0.05, 0.1) is 30.7 Å². The Morgan fingerprint density at radius 3 is 2.85 bits per heavy atom. The third kappa shape index (κ3) is 3.33.